The lowest BCUT2D eigenvalue weighted by molar-refractivity contribution is -0.137. The van der Waals surface area contributed by atoms with Crippen molar-refractivity contribution in [2.45, 2.75) is 44.5 Å². The van der Waals surface area contributed by atoms with Crippen LogP contribution in [0.5, 0.6) is 5.19 Å². The highest BCUT2D eigenvalue weighted by atomic mass is 32.1. The Kier molecular flexibility index (Phi) is 6.51. The van der Waals surface area contributed by atoms with E-state index >= 15 is 0 Å². The van der Waals surface area contributed by atoms with Crippen molar-refractivity contribution in [3.05, 3.63) is 40.7 Å². The number of carbonyl (C=O) groups excluding carboxylic acids is 1. The van der Waals surface area contributed by atoms with Gasteiger partial charge in [-0.2, -0.15) is 13.2 Å². The maximum absolute atomic E-state index is 12.8. The number of rotatable bonds is 6. The quantitative estimate of drug-likeness (QED) is 0.586. The van der Waals surface area contributed by atoms with Gasteiger partial charge in [-0.3, -0.25) is 9.78 Å². The van der Waals surface area contributed by atoms with Gasteiger partial charge in [0.2, 0.25) is 0 Å². The van der Waals surface area contributed by atoms with Crippen molar-refractivity contribution in [3.63, 3.8) is 0 Å². The van der Waals surface area contributed by atoms with Crippen molar-refractivity contribution in [2.75, 3.05) is 13.2 Å². The Labute approximate surface area is 185 Å². The third-order valence-corrected chi connectivity index (χ3v) is 5.77. The molecule has 0 bridgehead atoms. The molecule has 170 valence electrons. The molecule has 3 heterocycles. The van der Waals surface area contributed by atoms with Gasteiger partial charge in [-0.25, -0.2) is 4.98 Å². The molecule has 2 aromatic heterocycles. The number of hydrogen-bond donors (Lipinski definition) is 1. The number of amides is 1. The first-order valence-corrected chi connectivity index (χ1v) is 10.9. The van der Waals surface area contributed by atoms with Crippen molar-refractivity contribution in [1.82, 2.24) is 25.5 Å². The summed E-state index contributed by atoms with van der Waals surface area (Å²) in [6.07, 6.45) is -1.31. The van der Waals surface area contributed by atoms with E-state index in [2.05, 4.69) is 25.5 Å². The molecule has 0 radical (unpaired) electrons. The number of nitrogens with one attached hydrogen (secondary N) is 1. The van der Waals surface area contributed by atoms with Crippen LogP contribution in [0.25, 0.3) is 11.0 Å². The van der Waals surface area contributed by atoms with Gasteiger partial charge in [0.25, 0.3) is 11.1 Å². The van der Waals surface area contributed by atoms with Gasteiger partial charge in [0.05, 0.1) is 42.0 Å². The largest absolute Gasteiger partial charge is 0.469 e. The molecule has 1 saturated heterocycles. The van der Waals surface area contributed by atoms with Crippen LogP contribution in [0.1, 0.15) is 53.3 Å². The number of hydrogen-bond acceptors (Lipinski definition) is 8. The molecule has 1 aliphatic rings. The van der Waals surface area contributed by atoms with E-state index in [0.29, 0.717) is 24.6 Å². The van der Waals surface area contributed by atoms with Crippen molar-refractivity contribution in [2.24, 2.45) is 0 Å². The monoisotopic (exact) mass is 467 g/mol. The van der Waals surface area contributed by atoms with Crippen LogP contribution in [0, 0.1) is 0 Å². The molecule has 12 heteroatoms. The van der Waals surface area contributed by atoms with Gasteiger partial charge in [0.1, 0.15) is 16.8 Å². The number of benzene rings is 1. The van der Waals surface area contributed by atoms with Gasteiger partial charge in [0, 0.05) is 0 Å². The molecule has 1 fully saturated rings. The van der Waals surface area contributed by atoms with E-state index < -0.39 is 17.6 Å². The summed E-state index contributed by atoms with van der Waals surface area (Å²) < 4.78 is 49.8. The molecule has 32 heavy (non-hydrogen) atoms. The number of carbonyl (C=O) groups is 1. The third kappa shape index (κ3) is 5.13. The highest BCUT2D eigenvalue weighted by Gasteiger charge is 2.31. The maximum Gasteiger partial charge on any atom is 0.416 e. The Morgan fingerprint density at radius 2 is 2.12 bits per heavy atom. The van der Waals surface area contributed by atoms with Gasteiger partial charge in [-0.15, -0.1) is 5.10 Å². The van der Waals surface area contributed by atoms with Crippen molar-refractivity contribution in [3.8, 4) is 5.19 Å². The Balaban J connectivity index is 1.34. The normalized spacial score (nSPS) is 19.1. The second-order valence-electron chi connectivity index (χ2n) is 7.28. The minimum absolute atomic E-state index is 0.0289. The number of alkyl halides is 3. The molecule has 1 aromatic carbocycles. The summed E-state index contributed by atoms with van der Waals surface area (Å²) in [6, 6.07) is 2.80. The standard InChI is InChI=1S/C20H20F3N5O3S/c1-2-7-30-19-28-27-18(32-19)16-6-4-12(10-31-16)25-17(29)15-9-24-14-8-11(20(21,22)23)3-5-13(14)26-15/h3,5,8-9,12,16H,2,4,6-7,10H2,1H3,(H,25,29)/t12-,16+/m0/s1. The lowest BCUT2D eigenvalue weighted by atomic mass is 10.1. The predicted octanol–water partition coefficient (Wildman–Crippen LogP) is 3.94. The Morgan fingerprint density at radius 1 is 1.28 bits per heavy atom. The molecule has 0 unspecified atom stereocenters. The predicted molar refractivity (Wildman–Crippen MR) is 109 cm³/mol. The smallest absolute Gasteiger partial charge is 0.416 e. The second-order valence-corrected chi connectivity index (χ2v) is 8.25. The summed E-state index contributed by atoms with van der Waals surface area (Å²) in [7, 11) is 0. The first kappa shape index (κ1) is 22.3. The molecular weight excluding hydrogens is 447 g/mol. The first-order chi connectivity index (χ1) is 15.3. The third-order valence-electron chi connectivity index (χ3n) is 4.84. The van der Waals surface area contributed by atoms with Gasteiger partial charge in [-0.05, 0) is 37.5 Å². The lowest BCUT2D eigenvalue weighted by Crippen LogP contribution is -2.41. The Morgan fingerprint density at radius 3 is 2.84 bits per heavy atom. The molecule has 1 aliphatic heterocycles. The molecule has 2 atom stereocenters. The SMILES string of the molecule is CCCOc1nnc([C@H]2CC[C@H](NC(=O)c3cnc4cc(C(F)(F)F)ccc4n3)CO2)s1. The molecule has 8 nitrogen and oxygen atoms in total. The van der Waals surface area contributed by atoms with Crippen LogP contribution in [-0.2, 0) is 10.9 Å². The van der Waals surface area contributed by atoms with Crippen LogP contribution in [0.2, 0.25) is 0 Å². The number of aromatic nitrogens is 4. The van der Waals surface area contributed by atoms with Crippen LogP contribution < -0.4 is 10.1 Å². The van der Waals surface area contributed by atoms with Crippen molar-refractivity contribution in [1.29, 1.82) is 0 Å². The van der Waals surface area contributed by atoms with E-state index in [4.69, 9.17) is 9.47 Å². The summed E-state index contributed by atoms with van der Waals surface area (Å²) in [4.78, 5) is 20.7. The van der Waals surface area contributed by atoms with Gasteiger partial charge in [0.15, 0.2) is 0 Å². The average Bonchev–Trinajstić information content (AvgIpc) is 3.26. The Hall–Kier alpha value is -2.86. The van der Waals surface area contributed by atoms with E-state index in [0.717, 1.165) is 23.6 Å². The minimum atomic E-state index is -4.47. The second kappa shape index (κ2) is 9.33. The van der Waals surface area contributed by atoms with Crippen molar-refractivity contribution >= 4 is 28.3 Å². The topological polar surface area (TPSA) is 99.1 Å². The molecule has 0 saturated carbocycles. The highest BCUT2D eigenvalue weighted by Crippen LogP contribution is 2.33. The van der Waals surface area contributed by atoms with Crippen molar-refractivity contribution < 1.29 is 27.4 Å². The van der Waals surface area contributed by atoms with E-state index in [1.54, 1.807) is 0 Å². The molecule has 1 amide bonds. The van der Waals surface area contributed by atoms with Crippen LogP contribution in [0.15, 0.2) is 24.4 Å². The highest BCUT2D eigenvalue weighted by molar-refractivity contribution is 7.13. The number of nitrogens with zero attached hydrogens (tertiary/aromatic N) is 4. The summed E-state index contributed by atoms with van der Waals surface area (Å²) in [5.74, 6) is -0.461. The first-order valence-electron chi connectivity index (χ1n) is 10.1. The van der Waals surface area contributed by atoms with Crippen LogP contribution in [0.3, 0.4) is 0 Å². The van der Waals surface area contributed by atoms with E-state index in [9.17, 15) is 18.0 Å². The van der Waals surface area contributed by atoms with E-state index in [1.807, 2.05) is 6.92 Å². The van der Waals surface area contributed by atoms with Gasteiger partial charge >= 0.3 is 6.18 Å². The summed E-state index contributed by atoms with van der Waals surface area (Å²) >= 11 is 1.35. The molecule has 3 aromatic rings. The van der Waals surface area contributed by atoms with Gasteiger partial charge in [-0.1, -0.05) is 23.4 Å². The summed E-state index contributed by atoms with van der Waals surface area (Å²) in [6.45, 7) is 2.88. The average molecular weight is 467 g/mol. The molecular formula is C20H20F3N5O3S. The van der Waals surface area contributed by atoms with Crippen LogP contribution >= 0.6 is 11.3 Å². The Bertz CT molecular complexity index is 1100. The van der Waals surface area contributed by atoms with Crippen LogP contribution in [-0.4, -0.2) is 45.3 Å². The number of fused-ring (bicyclic) bond motifs is 1. The van der Waals surface area contributed by atoms with Gasteiger partial charge < -0.3 is 14.8 Å². The number of ether oxygens (including phenoxy) is 2. The number of halogens is 3. The maximum atomic E-state index is 12.8. The molecule has 0 spiro atoms. The zero-order valence-corrected chi connectivity index (χ0v) is 17.9. The summed E-state index contributed by atoms with van der Waals surface area (Å²) in [5.41, 5.74) is -0.506. The molecule has 4 rings (SSSR count). The minimum Gasteiger partial charge on any atom is -0.469 e. The fourth-order valence-electron chi connectivity index (χ4n) is 3.21. The molecule has 1 N–H and O–H groups in total. The van der Waals surface area contributed by atoms with Crippen LogP contribution in [0.4, 0.5) is 13.2 Å². The lowest BCUT2D eigenvalue weighted by Gasteiger charge is -2.28. The fourth-order valence-corrected chi connectivity index (χ4v) is 4.02. The zero-order valence-electron chi connectivity index (χ0n) is 17.1. The van der Waals surface area contributed by atoms with E-state index in [-0.39, 0.29) is 35.5 Å². The summed E-state index contributed by atoms with van der Waals surface area (Å²) in [5, 5.41) is 12.2. The molecule has 0 aliphatic carbocycles. The zero-order chi connectivity index (χ0) is 22.7. The fraction of sp³-hybridized carbons (Fsp3) is 0.450. The van der Waals surface area contributed by atoms with E-state index in [1.165, 1.54) is 23.6 Å².